The average molecular weight is 656 g/mol. The van der Waals surface area contributed by atoms with Crippen molar-refractivity contribution >= 4 is 58.2 Å². The number of halogens is 1. The number of ether oxygens (including phenoxy) is 2. The third kappa shape index (κ3) is 8.03. The number of hydrogen-bond acceptors (Lipinski definition) is 6. The highest BCUT2D eigenvalue weighted by atomic mass is 127. The highest BCUT2D eigenvalue weighted by molar-refractivity contribution is 14.1. The molecule has 0 radical (unpaired) electrons. The number of piperidine rings is 2. The SMILES string of the molecule is BN1C2CCCC1CC(c1cc(N(COCC[Si](C)(C)C)COCC[Si](C)(C)C)n3ncc(I)c3n1)C2. The van der Waals surface area contributed by atoms with Crippen molar-refractivity contribution in [1.29, 1.82) is 0 Å². The molecule has 2 unspecified atom stereocenters. The Bertz CT molecular complexity index is 1010. The fraction of sp³-hybridized carbons (Fsp3) is 0.769. The summed E-state index contributed by atoms with van der Waals surface area (Å²) in [5, 5.41) is 4.73. The van der Waals surface area contributed by atoms with Crippen molar-refractivity contribution < 1.29 is 9.47 Å². The van der Waals surface area contributed by atoms with Crippen molar-refractivity contribution in [3.05, 3.63) is 21.5 Å². The normalized spacial score (nSPS) is 23.1. The number of fused-ring (bicyclic) bond motifs is 3. The number of aromatic nitrogens is 3. The van der Waals surface area contributed by atoms with Crippen LogP contribution in [0.4, 0.5) is 5.82 Å². The Balaban J connectivity index is 1.59. The Kier molecular flexibility index (Phi) is 9.86. The van der Waals surface area contributed by atoms with Gasteiger partial charge < -0.3 is 19.2 Å². The van der Waals surface area contributed by atoms with Gasteiger partial charge in [0.25, 0.3) is 0 Å². The Morgan fingerprint density at radius 1 is 1.00 bits per heavy atom. The van der Waals surface area contributed by atoms with E-state index in [9.17, 15) is 0 Å². The fourth-order valence-electron chi connectivity index (χ4n) is 5.51. The van der Waals surface area contributed by atoms with Crippen LogP contribution < -0.4 is 4.90 Å². The Hall–Kier alpha value is -0.471. The van der Waals surface area contributed by atoms with Gasteiger partial charge in [-0.2, -0.15) is 9.61 Å². The molecule has 0 aromatic carbocycles. The van der Waals surface area contributed by atoms with Crippen LogP contribution in [-0.2, 0) is 9.47 Å². The molecule has 11 heteroatoms. The Morgan fingerprint density at radius 2 is 1.57 bits per heavy atom. The summed E-state index contributed by atoms with van der Waals surface area (Å²) in [6.07, 6.45) is 8.30. The summed E-state index contributed by atoms with van der Waals surface area (Å²) in [6.45, 7) is 17.0. The lowest BCUT2D eigenvalue weighted by molar-refractivity contribution is 0.0941. The molecule has 0 amide bonds. The molecule has 0 aliphatic carbocycles. The first-order valence-corrected chi connectivity index (χ1v) is 22.6. The molecular formula is C26H47BIN5O2Si2. The van der Waals surface area contributed by atoms with Gasteiger partial charge >= 0.3 is 0 Å². The van der Waals surface area contributed by atoms with Crippen LogP contribution in [0, 0.1) is 3.57 Å². The number of anilines is 1. The number of nitrogens with zero attached hydrogens (tertiary/aromatic N) is 5. The zero-order valence-electron chi connectivity index (χ0n) is 24.1. The molecule has 2 aromatic rings. The lowest BCUT2D eigenvalue weighted by Crippen LogP contribution is -2.50. The summed E-state index contributed by atoms with van der Waals surface area (Å²) in [5.74, 6) is 1.52. The summed E-state index contributed by atoms with van der Waals surface area (Å²) in [4.78, 5) is 10.0. The average Bonchev–Trinajstić information content (AvgIpc) is 3.17. The van der Waals surface area contributed by atoms with Gasteiger partial charge in [0.2, 0.25) is 0 Å². The van der Waals surface area contributed by atoms with Crippen molar-refractivity contribution in [3.8, 4) is 0 Å². The third-order valence-corrected chi connectivity index (χ3v) is 12.2. The second kappa shape index (κ2) is 12.4. The van der Waals surface area contributed by atoms with Crippen LogP contribution in [0.3, 0.4) is 0 Å². The van der Waals surface area contributed by atoms with Gasteiger partial charge in [-0.3, -0.25) is 0 Å². The van der Waals surface area contributed by atoms with Gasteiger partial charge in [-0.1, -0.05) is 45.7 Å². The molecule has 0 N–H and O–H groups in total. The van der Waals surface area contributed by atoms with Crippen LogP contribution in [0.5, 0.6) is 0 Å². The Labute approximate surface area is 240 Å². The summed E-state index contributed by atoms with van der Waals surface area (Å²) >= 11 is 2.37. The lowest BCUT2D eigenvalue weighted by atomic mass is 9.75. The van der Waals surface area contributed by atoms with Crippen molar-refractivity contribution in [3.63, 3.8) is 0 Å². The van der Waals surface area contributed by atoms with Crippen LogP contribution in [0.15, 0.2) is 12.3 Å². The monoisotopic (exact) mass is 655 g/mol. The molecule has 2 aliphatic heterocycles. The summed E-state index contributed by atoms with van der Waals surface area (Å²) in [6, 6.07) is 5.95. The highest BCUT2D eigenvalue weighted by Crippen LogP contribution is 2.41. The van der Waals surface area contributed by atoms with Crippen LogP contribution in [0.25, 0.3) is 5.65 Å². The van der Waals surface area contributed by atoms with Crippen LogP contribution in [0.2, 0.25) is 51.4 Å². The third-order valence-electron chi connectivity index (χ3n) is 8.00. The molecule has 0 spiro atoms. The van der Waals surface area contributed by atoms with Crippen molar-refractivity contribution in [1.82, 2.24) is 19.4 Å². The standard InChI is InChI=1S/C26H47BIN5O2Si2/c1-36(2,3)12-10-34-18-31(19-35-11-13-37(4,5)6)25-16-24(30-26-23(28)17-29-33(25)26)20-14-21-8-7-9-22(15-20)32(21)27/h16-17,20-22H,7-15,18-19,27H2,1-6H3. The topological polar surface area (TPSA) is 55.1 Å². The second-order valence-corrected chi connectivity index (χ2v) is 26.0. The summed E-state index contributed by atoms with van der Waals surface area (Å²) in [5.41, 5.74) is 2.16. The van der Waals surface area contributed by atoms with E-state index >= 15 is 0 Å². The largest absolute Gasteiger partial charge is 0.361 e. The maximum atomic E-state index is 6.26. The second-order valence-electron chi connectivity index (χ2n) is 13.6. The fourth-order valence-corrected chi connectivity index (χ4v) is 7.49. The molecular weight excluding hydrogens is 608 g/mol. The lowest BCUT2D eigenvalue weighted by Gasteiger charge is -2.47. The minimum Gasteiger partial charge on any atom is -0.361 e. The minimum absolute atomic E-state index is 0.489. The number of rotatable bonds is 12. The highest BCUT2D eigenvalue weighted by Gasteiger charge is 2.37. The van der Waals surface area contributed by atoms with E-state index in [1.165, 1.54) is 37.8 Å². The molecule has 2 saturated heterocycles. The number of hydrogen-bond donors (Lipinski definition) is 0. The summed E-state index contributed by atoms with van der Waals surface area (Å²) in [7, 11) is 0.0189. The molecule has 4 heterocycles. The first-order valence-electron chi connectivity index (χ1n) is 14.1. The van der Waals surface area contributed by atoms with E-state index in [4.69, 9.17) is 19.6 Å². The van der Waals surface area contributed by atoms with E-state index in [-0.39, 0.29) is 0 Å². The molecule has 0 saturated carbocycles. The first kappa shape index (κ1) is 29.5. The maximum absolute atomic E-state index is 6.26. The molecule has 2 atom stereocenters. The maximum Gasteiger partial charge on any atom is 0.186 e. The molecule has 2 bridgehead atoms. The van der Waals surface area contributed by atoms with E-state index in [2.05, 4.69) is 85.6 Å². The van der Waals surface area contributed by atoms with Crippen LogP contribution in [-0.4, -0.2) is 82.3 Å². The van der Waals surface area contributed by atoms with E-state index in [0.29, 0.717) is 31.5 Å². The van der Waals surface area contributed by atoms with Gasteiger partial charge in [-0.25, -0.2) is 4.98 Å². The van der Waals surface area contributed by atoms with Crippen molar-refractivity contribution in [2.45, 2.75) is 101 Å². The zero-order chi connectivity index (χ0) is 26.8. The first-order chi connectivity index (χ1) is 17.4. The quantitative estimate of drug-likeness (QED) is 0.132. The predicted molar refractivity (Wildman–Crippen MR) is 170 cm³/mol. The summed E-state index contributed by atoms with van der Waals surface area (Å²) < 4.78 is 15.6. The van der Waals surface area contributed by atoms with Gasteiger partial charge in [-0.05, 0) is 72.4 Å². The van der Waals surface area contributed by atoms with Gasteiger partial charge in [0.05, 0.1) is 9.77 Å². The molecule has 37 heavy (non-hydrogen) atoms. The van der Waals surface area contributed by atoms with Gasteiger partial charge in [0, 0.05) is 47.0 Å². The van der Waals surface area contributed by atoms with Gasteiger partial charge in [-0.15, -0.1) is 0 Å². The van der Waals surface area contributed by atoms with Crippen molar-refractivity contribution in [2.24, 2.45) is 0 Å². The van der Waals surface area contributed by atoms with E-state index < -0.39 is 16.1 Å². The zero-order valence-corrected chi connectivity index (χ0v) is 28.3. The van der Waals surface area contributed by atoms with Crippen molar-refractivity contribution in [2.75, 3.05) is 31.6 Å². The molecule has 2 aliphatic rings. The Morgan fingerprint density at radius 3 is 2.11 bits per heavy atom. The van der Waals surface area contributed by atoms with Gasteiger partial charge in [0.1, 0.15) is 19.3 Å². The molecule has 206 valence electrons. The predicted octanol–water partition coefficient (Wildman–Crippen LogP) is 5.41. The van der Waals surface area contributed by atoms with E-state index in [1.54, 1.807) is 0 Å². The van der Waals surface area contributed by atoms with Crippen LogP contribution >= 0.6 is 22.6 Å². The molecule has 2 fully saturated rings. The molecule has 4 rings (SSSR count). The minimum atomic E-state index is -1.15. The van der Waals surface area contributed by atoms with E-state index in [0.717, 1.165) is 40.3 Å². The smallest absolute Gasteiger partial charge is 0.186 e. The van der Waals surface area contributed by atoms with Crippen LogP contribution in [0.1, 0.15) is 43.7 Å². The van der Waals surface area contributed by atoms with Gasteiger partial charge in [0.15, 0.2) is 13.6 Å². The van der Waals surface area contributed by atoms with E-state index in [1.807, 2.05) is 10.7 Å². The molecule has 2 aromatic heterocycles. The molecule has 7 nitrogen and oxygen atoms in total.